The van der Waals surface area contributed by atoms with Crippen molar-refractivity contribution in [2.45, 2.75) is 26.2 Å². The summed E-state index contributed by atoms with van der Waals surface area (Å²) in [4.78, 5) is 23.8. The molecule has 180 valence electrons. The van der Waals surface area contributed by atoms with E-state index >= 15 is 0 Å². The van der Waals surface area contributed by atoms with Crippen LogP contribution in [0.5, 0.6) is 0 Å². The first-order valence-electron chi connectivity index (χ1n) is 9.95. The van der Waals surface area contributed by atoms with E-state index in [-0.39, 0.29) is 29.0 Å². The minimum absolute atomic E-state index is 0.0356. The highest BCUT2D eigenvalue weighted by molar-refractivity contribution is 5.65. The Morgan fingerprint density at radius 1 is 0.743 bits per heavy atom. The molecular weight excluding hydrogens is 476 g/mol. The van der Waals surface area contributed by atoms with Crippen LogP contribution in [0.15, 0.2) is 48.8 Å². The number of hydrogen-bond acceptors (Lipinski definition) is 7. The van der Waals surface area contributed by atoms with Crippen LogP contribution in [0.1, 0.15) is 22.6 Å². The molecular formula is C22H15F6N7. The molecule has 13 heteroatoms. The molecule has 4 heterocycles. The predicted molar refractivity (Wildman–Crippen MR) is 113 cm³/mol. The van der Waals surface area contributed by atoms with E-state index in [1.807, 2.05) is 0 Å². The molecule has 35 heavy (non-hydrogen) atoms. The molecule has 1 N–H and O–H groups in total. The van der Waals surface area contributed by atoms with E-state index in [1.165, 1.54) is 12.1 Å². The van der Waals surface area contributed by atoms with Gasteiger partial charge in [0.25, 0.3) is 0 Å². The number of aryl methyl sites for hydroxylation is 2. The van der Waals surface area contributed by atoms with Gasteiger partial charge in [-0.3, -0.25) is 9.97 Å². The van der Waals surface area contributed by atoms with E-state index in [0.717, 1.165) is 30.0 Å². The topological polar surface area (TPSA) is 89.4 Å². The maximum absolute atomic E-state index is 13.2. The maximum Gasteiger partial charge on any atom is 0.433 e. The van der Waals surface area contributed by atoms with Crippen molar-refractivity contribution >= 4 is 11.6 Å². The fourth-order valence-electron chi connectivity index (χ4n) is 3.04. The summed E-state index contributed by atoms with van der Waals surface area (Å²) in [6, 6.07) is 6.98. The van der Waals surface area contributed by atoms with E-state index in [9.17, 15) is 26.3 Å². The summed E-state index contributed by atoms with van der Waals surface area (Å²) in [6.45, 7) is 3.47. The van der Waals surface area contributed by atoms with E-state index < -0.39 is 23.7 Å². The van der Waals surface area contributed by atoms with Gasteiger partial charge in [0, 0.05) is 29.3 Å². The number of aromatic nitrogens is 6. The summed E-state index contributed by atoms with van der Waals surface area (Å²) < 4.78 is 78.7. The average molecular weight is 491 g/mol. The van der Waals surface area contributed by atoms with Crippen molar-refractivity contribution in [1.82, 2.24) is 29.9 Å². The summed E-state index contributed by atoms with van der Waals surface area (Å²) >= 11 is 0. The predicted octanol–water partition coefficient (Wildman–Crippen LogP) is 5.79. The molecule has 0 spiro atoms. The molecule has 4 rings (SSSR count). The average Bonchev–Trinajstić information content (AvgIpc) is 2.79. The number of pyridine rings is 3. The molecule has 4 aromatic rings. The lowest BCUT2D eigenvalue weighted by Gasteiger charge is -2.12. The smallest absolute Gasteiger partial charge is 0.324 e. The highest BCUT2D eigenvalue weighted by Crippen LogP contribution is 2.31. The fraction of sp³-hybridized carbons (Fsp3) is 0.182. The number of nitrogens with one attached hydrogen (secondary N) is 1. The molecule has 0 aliphatic heterocycles. The van der Waals surface area contributed by atoms with Gasteiger partial charge >= 0.3 is 12.4 Å². The van der Waals surface area contributed by atoms with Crippen LogP contribution >= 0.6 is 0 Å². The summed E-state index contributed by atoms with van der Waals surface area (Å²) in [5.41, 5.74) is -0.766. The number of hydrogen-bond donors (Lipinski definition) is 1. The highest BCUT2D eigenvalue weighted by Gasteiger charge is 2.33. The second-order valence-corrected chi connectivity index (χ2v) is 7.41. The van der Waals surface area contributed by atoms with Crippen molar-refractivity contribution in [2.75, 3.05) is 5.32 Å². The van der Waals surface area contributed by atoms with Crippen molar-refractivity contribution in [1.29, 1.82) is 0 Å². The molecule has 0 saturated heterocycles. The second kappa shape index (κ2) is 8.89. The molecule has 0 atom stereocenters. The quantitative estimate of drug-likeness (QED) is 0.362. The van der Waals surface area contributed by atoms with Gasteiger partial charge in [0.15, 0.2) is 11.6 Å². The van der Waals surface area contributed by atoms with E-state index in [2.05, 4.69) is 35.2 Å². The summed E-state index contributed by atoms with van der Waals surface area (Å²) in [7, 11) is 0. The largest absolute Gasteiger partial charge is 0.433 e. The van der Waals surface area contributed by atoms with Crippen LogP contribution in [0.4, 0.5) is 38.0 Å². The van der Waals surface area contributed by atoms with Crippen molar-refractivity contribution in [2.24, 2.45) is 0 Å². The van der Waals surface area contributed by atoms with Crippen LogP contribution in [-0.4, -0.2) is 29.9 Å². The van der Waals surface area contributed by atoms with Gasteiger partial charge in [-0.05, 0) is 49.7 Å². The lowest BCUT2D eigenvalue weighted by atomic mass is 10.1. The van der Waals surface area contributed by atoms with Gasteiger partial charge in [0.05, 0.1) is 0 Å². The standard InChI is InChI=1S/C22H15F6N7/c1-11-8-14(12(2)30-10-11)18-33-19(15-4-3-5-16(32-15)21(23,24)25)35-20(34-18)31-13-6-7-29-17(9-13)22(26,27)28/h3-10H,1-2H3,(H,29,31,33,34,35). The van der Waals surface area contributed by atoms with Crippen LogP contribution in [0, 0.1) is 13.8 Å². The van der Waals surface area contributed by atoms with Gasteiger partial charge in [0.1, 0.15) is 17.1 Å². The van der Waals surface area contributed by atoms with Crippen molar-refractivity contribution < 1.29 is 26.3 Å². The minimum atomic E-state index is -4.70. The molecule has 0 aliphatic carbocycles. The van der Waals surface area contributed by atoms with Gasteiger partial charge in [0.2, 0.25) is 5.95 Å². The third kappa shape index (κ3) is 5.50. The van der Waals surface area contributed by atoms with Gasteiger partial charge < -0.3 is 5.32 Å². The molecule has 0 fully saturated rings. The van der Waals surface area contributed by atoms with E-state index in [1.54, 1.807) is 26.1 Å². The van der Waals surface area contributed by atoms with Crippen molar-refractivity contribution in [3.05, 3.63) is 71.4 Å². The molecule has 0 radical (unpaired) electrons. The summed E-state index contributed by atoms with van der Waals surface area (Å²) in [5, 5.41) is 2.64. The fourth-order valence-corrected chi connectivity index (χ4v) is 3.04. The lowest BCUT2D eigenvalue weighted by molar-refractivity contribution is -0.141. The third-order valence-corrected chi connectivity index (χ3v) is 4.68. The van der Waals surface area contributed by atoms with E-state index in [4.69, 9.17) is 0 Å². The van der Waals surface area contributed by atoms with E-state index in [0.29, 0.717) is 11.3 Å². The van der Waals surface area contributed by atoms with Crippen LogP contribution in [0.3, 0.4) is 0 Å². The molecule has 0 unspecified atom stereocenters. The van der Waals surface area contributed by atoms with Crippen LogP contribution in [0.25, 0.3) is 22.9 Å². The summed E-state index contributed by atoms with van der Waals surface area (Å²) in [5.74, 6) is -0.366. The molecule has 4 aromatic heterocycles. The SMILES string of the molecule is Cc1cnc(C)c(-c2nc(Nc3ccnc(C(F)(F)F)c3)nc(-c3cccc(C(F)(F)F)n3)n2)c1. The number of anilines is 2. The normalized spacial score (nSPS) is 12.0. The summed E-state index contributed by atoms with van der Waals surface area (Å²) in [6.07, 6.45) is -6.81. The van der Waals surface area contributed by atoms with Gasteiger partial charge in [-0.2, -0.15) is 36.3 Å². The zero-order valence-corrected chi connectivity index (χ0v) is 18.1. The molecule has 0 bridgehead atoms. The molecule has 0 aliphatic rings. The Hall–Kier alpha value is -4.16. The van der Waals surface area contributed by atoms with Crippen molar-refractivity contribution in [3.63, 3.8) is 0 Å². The molecule has 0 aromatic carbocycles. The van der Waals surface area contributed by atoms with Crippen molar-refractivity contribution in [3.8, 4) is 22.9 Å². The minimum Gasteiger partial charge on any atom is -0.324 e. The molecule has 7 nitrogen and oxygen atoms in total. The Kier molecular flexibility index (Phi) is 6.09. The number of alkyl halides is 6. The first-order valence-corrected chi connectivity index (χ1v) is 9.95. The number of halogens is 6. The Morgan fingerprint density at radius 2 is 1.46 bits per heavy atom. The van der Waals surface area contributed by atoms with Crippen LogP contribution < -0.4 is 5.32 Å². The number of rotatable bonds is 4. The Morgan fingerprint density at radius 3 is 2.17 bits per heavy atom. The lowest BCUT2D eigenvalue weighted by Crippen LogP contribution is -2.10. The zero-order chi connectivity index (χ0) is 25.4. The van der Waals surface area contributed by atoms with Crippen LogP contribution in [-0.2, 0) is 12.4 Å². The second-order valence-electron chi connectivity index (χ2n) is 7.41. The maximum atomic E-state index is 13.2. The van der Waals surface area contributed by atoms with Gasteiger partial charge in [-0.1, -0.05) is 6.07 Å². The highest BCUT2D eigenvalue weighted by atomic mass is 19.4. The Labute approximate surface area is 194 Å². The number of nitrogens with zero attached hydrogens (tertiary/aromatic N) is 6. The Balaban J connectivity index is 1.85. The van der Waals surface area contributed by atoms with Gasteiger partial charge in [-0.25, -0.2) is 9.97 Å². The van der Waals surface area contributed by atoms with Gasteiger partial charge in [-0.15, -0.1) is 0 Å². The first kappa shape index (κ1) is 24.0. The molecule has 0 saturated carbocycles. The molecule has 0 amide bonds. The third-order valence-electron chi connectivity index (χ3n) is 4.68. The zero-order valence-electron chi connectivity index (χ0n) is 18.1. The first-order chi connectivity index (χ1) is 16.4. The monoisotopic (exact) mass is 491 g/mol. The Bertz CT molecular complexity index is 1390. The van der Waals surface area contributed by atoms with Crippen LogP contribution in [0.2, 0.25) is 0 Å².